The van der Waals surface area contributed by atoms with Gasteiger partial charge in [0, 0.05) is 7.11 Å². The van der Waals surface area contributed by atoms with Gasteiger partial charge in [0.15, 0.2) is 6.29 Å². The van der Waals surface area contributed by atoms with Crippen molar-refractivity contribution >= 4 is 6.09 Å². The van der Waals surface area contributed by atoms with Gasteiger partial charge in [-0.25, -0.2) is 4.79 Å². The number of carbonyl (C=O) groups is 1. The van der Waals surface area contributed by atoms with Gasteiger partial charge in [-0.2, -0.15) is 0 Å². The summed E-state index contributed by atoms with van der Waals surface area (Å²) in [4.78, 5) is 12.8. The Kier molecular flexibility index (Phi) is 8.43. The van der Waals surface area contributed by atoms with Crippen LogP contribution in [-0.4, -0.2) is 45.0 Å². The fraction of sp³-hybridized carbons (Fsp3) is 0.588. The Balaban J connectivity index is 2.49. The van der Waals surface area contributed by atoms with Crippen LogP contribution < -0.4 is 4.74 Å². The fourth-order valence-electron chi connectivity index (χ4n) is 1.96. The smallest absolute Gasteiger partial charge is 0.413 e. The first kappa shape index (κ1) is 19.3. The summed E-state index contributed by atoms with van der Waals surface area (Å²) in [5.41, 5.74) is 1.28. The zero-order valence-electron chi connectivity index (χ0n) is 14.6. The lowest BCUT2D eigenvalue weighted by molar-refractivity contribution is -0.115. The maximum Gasteiger partial charge on any atom is 0.413 e. The van der Waals surface area contributed by atoms with Crippen molar-refractivity contribution in [3.63, 3.8) is 0 Å². The summed E-state index contributed by atoms with van der Waals surface area (Å²) in [7, 11) is 2.80. The van der Waals surface area contributed by atoms with Crippen LogP contribution in [0.1, 0.15) is 38.7 Å². The largest absolute Gasteiger partial charge is 0.465 e. The highest BCUT2D eigenvalue weighted by Gasteiger charge is 2.15. The third-order valence-corrected chi connectivity index (χ3v) is 3.55. The van der Waals surface area contributed by atoms with Gasteiger partial charge in [-0.05, 0) is 37.0 Å². The summed E-state index contributed by atoms with van der Waals surface area (Å²) in [5, 5.41) is 0. The molecule has 1 rings (SSSR count). The molecule has 0 fully saturated rings. The van der Waals surface area contributed by atoms with Crippen LogP contribution in [0.15, 0.2) is 24.3 Å². The maximum absolute atomic E-state index is 11.5. The molecule has 2 unspecified atom stereocenters. The number of ether oxygens (including phenoxy) is 4. The van der Waals surface area contributed by atoms with E-state index < -0.39 is 12.4 Å². The maximum atomic E-state index is 11.5. The highest BCUT2D eigenvalue weighted by Crippen LogP contribution is 2.22. The monoisotopic (exact) mass is 325 g/mol. The number of carbonyl (C=O) groups excluding carboxylic acids is 1. The molecule has 1 aromatic rings. The molecule has 1 aromatic carbocycles. The van der Waals surface area contributed by atoms with Gasteiger partial charge in [-0.1, -0.05) is 26.0 Å². The van der Waals surface area contributed by atoms with E-state index in [1.807, 2.05) is 12.1 Å². The Morgan fingerprint density at radius 3 is 2.30 bits per heavy atom. The van der Waals surface area contributed by atoms with Crippen LogP contribution in [0.25, 0.3) is 0 Å². The number of nitrogens with zero attached hydrogens (tertiary/aromatic N) is 1. The van der Waals surface area contributed by atoms with Crippen molar-refractivity contribution in [1.82, 2.24) is 4.90 Å². The van der Waals surface area contributed by atoms with Gasteiger partial charge in [-0.3, -0.25) is 4.90 Å². The Morgan fingerprint density at radius 2 is 1.78 bits per heavy atom. The highest BCUT2D eigenvalue weighted by atomic mass is 16.7. The van der Waals surface area contributed by atoms with Crippen molar-refractivity contribution in [1.29, 1.82) is 0 Å². The molecule has 0 heterocycles. The molecule has 2 atom stereocenters. The SMILES string of the molecule is CCC(C)c1ccc(OC(C)OCN(COC)C(=O)OC)cc1. The Bertz CT molecular complexity index is 463. The van der Waals surface area contributed by atoms with Gasteiger partial charge >= 0.3 is 6.09 Å². The minimum absolute atomic E-state index is 0.0205. The van der Waals surface area contributed by atoms with Crippen molar-refractivity contribution in [2.24, 2.45) is 0 Å². The number of benzene rings is 1. The molecule has 1 amide bonds. The predicted molar refractivity (Wildman–Crippen MR) is 87.3 cm³/mol. The highest BCUT2D eigenvalue weighted by molar-refractivity contribution is 5.66. The third kappa shape index (κ3) is 6.46. The molecule has 0 aromatic heterocycles. The molecule has 0 N–H and O–H groups in total. The Hall–Kier alpha value is -1.79. The molecule has 0 saturated carbocycles. The summed E-state index contributed by atoms with van der Waals surface area (Å²) in [6, 6.07) is 7.97. The molecule has 0 aliphatic carbocycles. The van der Waals surface area contributed by atoms with Gasteiger partial charge in [0.1, 0.15) is 19.2 Å². The van der Waals surface area contributed by atoms with Gasteiger partial charge in [0.2, 0.25) is 0 Å². The van der Waals surface area contributed by atoms with E-state index in [0.29, 0.717) is 5.92 Å². The van der Waals surface area contributed by atoms with E-state index in [1.54, 1.807) is 6.92 Å². The van der Waals surface area contributed by atoms with Gasteiger partial charge < -0.3 is 18.9 Å². The van der Waals surface area contributed by atoms with E-state index in [2.05, 4.69) is 30.7 Å². The van der Waals surface area contributed by atoms with Crippen LogP contribution in [0.5, 0.6) is 5.75 Å². The van der Waals surface area contributed by atoms with Crippen LogP contribution in [0.4, 0.5) is 4.79 Å². The summed E-state index contributed by atoms with van der Waals surface area (Å²) in [6.45, 7) is 6.23. The first-order valence-corrected chi connectivity index (χ1v) is 7.71. The molecular formula is C17H27NO5. The van der Waals surface area contributed by atoms with Crippen LogP contribution >= 0.6 is 0 Å². The number of hydrogen-bond donors (Lipinski definition) is 0. The molecule has 0 aliphatic rings. The summed E-state index contributed by atoms with van der Waals surface area (Å²) in [6.07, 6.45) is 0.0770. The Morgan fingerprint density at radius 1 is 1.13 bits per heavy atom. The van der Waals surface area contributed by atoms with Crippen molar-refractivity contribution in [3.05, 3.63) is 29.8 Å². The van der Waals surface area contributed by atoms with E-state index in [1.165, 1.54) is 24.7 Å². The number of amides is 1. The first-order chi connectivity index (χ1) is 11.0. The molecule has 0 radical (unpaired) electrons. The zero-order chi connectivity index (χ0) is 17.2. The predicted octanol–water partition coefficient (Wildman–Crippen LogP) is 3.57. The molecule has 0 spiro atoms. The third-order valence-electron chi connectivity index (χ3n) is 3.55. The van der Waals surface area contributed by atoms with E-state index in [0.717, 1.165) is 12.2 Å². The zero-order valence-corrected chi connectivity index (χ0v) is 14.6. The molecule has 130 valence electrons. The van der Waals surface area contributed by atoms with Crippen molar-refractivity contribution in [2.45, 2.75) is 39.4 Å². The molecule has 23 heavy (non-hydrogen) atoms. The summed E-state index contributed by atoms with van der Waals surface area (Å²) >= 11 is 0. The fourth-order valence-corrected chi connectivity index (χ4v) is 1.96. The van der Waals surface area contributed by atoms with Crippen LogP contribution in [0.2, 0.25) is 0 Å². The standard InChI is InChI=1S/C17H27NO5/c1-6-13(2)15-7-9-16(10-8-15)23-14(3)22-12-18(11-20-4)17(19)21-5/h7-10,13-14H,6,11-12H2,1-5H3. The van der Waals surface area contributed by atoms with Gasteiger partial charge in [0.05, 0.1) is 7.11 Å². The average molecular weight is 325 g/mol. The lowest BCUT2D eigenvalue weighted by atomic mass is 9.99. The van der Waals surface area contributed by atoms with Crippen LogP contribution in [0.3, 0.4) is 0 Å². The normalized spacial score (nSPS) is 13.3. The second kappa shape index (κ2) is 10.1. The van der Waals surface area contributed by atoms with Crippen molar-refractivity contribution in [2.75, 3.05) is 27.7 Å². The van der Waals surface area contributed by atoms with Gasteiger partial charge in [-0.15, -0.1) is 0 Å². The minimum atomic E-state index is -0.517. The Labute approximate surface area is 138 Å². The van der Waals surface area contributed by atoms with Crippen LogP contribution in [0, 0.1) is 0 Å². The molecule has 0 saturated heterocycles. The average Bonchev–Trinajstić information content (AvgIpc) is 2.57. The summed E-state index contributed by atoms with van der Waals surface area (Å²) < 4.78 is 20.8. The lowest BCUT2D eigenvalue weighted by Crippen LogP contribution is -2.36. The second-order valence-corrected chi connectivity index (χ2v) is 5.29. The number of rotatable bonds is 9. The van der Waals surface area contributed by atoms with E-state index in [4.69, 9.17) is 14.2 Å². The quantitative estimate of drug-likeness (QED) is 0.650. The van der Waals surface area contributed by atoms with Crippen LogP contribution in [-0.2, 0) is 14.2 Å². The van der Waals surface area contributed by atoms with E-state index >= 15 is 0 Å². The topological polar surface area (TPSA) is 57.2 Å². The number of hydrogen-bond acceptors (Lipinski definition) is 5. The van der Waals surface area contributed by atoms with Gasteiger partial charge in [0.25, 0.3) is 0 Å². The molecular weight excluding hydrogens is 298 g/mol. The van der Waals surface area contributed by atoms with E-state index in [-0.39, 0.29) is 13.5 Å². The molecule has 0 bridgehead atoms. The molecule has 6 heteroatoms. The number of methoxy groups -OCH3 is 2. The summed E-state index contributed by atoms with van der Waals surface area (Å²) in [5.74, 6) is 1.25. The lowest BCUT2D eigenvalue weighted by Gasteiger charge is -2.23. The van der Waals surface area contributed by atoms with Crippen molar-refractivity contribution in [3.8, 4) is 5.75 Å². The van der Waals surface area contributed by atoms with Crippen molar-refractivity contribution < 1.29 is 23.7 Å². The minimum Gasteiger partial charge on any atom is -0.465 e. The molecule has 6 nitrogen and oxygen atoms in total. The molecule has 0 aliphatic heterocycles. The van der Waals surface area contributed by atoms with E-state index in [9.17, 15) is 4.79 Å². The second-order valence-electron chi connectivity index (χ2n) is 5.29. The first-order valence-electron chi connectivity index (χ1n) is 7.71.